The van der Waals surface area contributed by atoms with Gasteiger partial charge < -0.3 is 99.5 Å². The summed E-state index contributed by atoms with van der Waals surface area (Å²) in [5.74, 6) is -8.79. The van der Waals surface area contributed by atoms with Gasteiger partial charge in [0.15, 0.2) is 5.78 Å². The summed E-state index contributed by atoms with van der Waals surface area (Å²) in [5, 5.41) is 59.8. The first-order valence-electron chi connectivity index (χ1n) is 43.5. The Bertz CT molecular complexity index is 3360. The van der Waals surface area contributed by atoms with Gasteiger partial charge in [0, 0.05) is 109 Å². The summed E-state index contributed by atoms with van der Waals surface area (Å²) < 4.78 is 54.7. The molecule has 35 nitrogen and oxygen atoms in total. The number of aromatic carboxylic acids is 2. The molecule has 0 unspecified atom stereocenters. The molecule has 0 heterocycles. The van der Waals surface area contributed by atoms with Gasteiger partial charge in [0.05, 0.1) is 103 Å². The number of nitrogens with one attached hydrogen (secondary N) is 5. The number of Topliss-reactive ketones (excluding diaryl/α,β-unsaturated/α-hetero) is 5. The molecule has 5 amide bonds. The first-order valence-corrected chi connectivity index (χ1v) is 43.5. The van der Waals surface area contributed by atoms with Crippen LogP contribution in [-0.4, -0.2) is 265 Å². The quantitative estimate of drug-likeness (QED) is 0.0276. The fourth-order valence-corrected chi connectivity index (χ4v) is 12.4. The summed E-state index contributed by atoms with van der Waals surface area (Å²) in [5.41, 5.74) is 0.406. The average Bonchev–Trinajstić information content (AvgIpc) is 0.912. The van der Waals surface area contributed by atoms with Gasteiger partial charge in [-0.15, -0.1) is 0 Å². The minimum Gasteiger partial charge on any atom is -0.494 e. The third-order valence-corrected chi connectivity index (χ3v) is 19.6. The second-order valence-electron chi connectivity index (χ2n) is 30.1. The largest absolute Gasteiger partial charge is 0.494 e. The summed E-state index contributed by atoms with van der Waals surface area (Å²) in [7, 11) is 0. The van der Waals surface area contributed by atoms with Gasteiger partial charge in [0.2, 0.25) is 29.5 Å². The number of hydrogen-bond acceptors (Lipinski definition) is 25. The molecule has 0 aromatic heterocycles. The fraction of sp³-hybridized carbons (Fsp3) is 0.693. The van der Waals surface area contributed by atoms with Crippen LogP contribution in [0.3, 0.4) is 0 Å². The molecular weight excluding hydrogens is 1610 g/mol. The smallest absolute Gasteiger partial charge is 0.335 e. The van der Waals surface area contributed by atoms with E-state index in [1.165, 1.54) is 24.3 Å². The topological polar surface area (TPSA) is 510 Å². The van der Waals surface area contributed by atoms with Crippen LogP contribution in [-0.2, 0) is 100 Å². The number of amides is 5. The van der Waals surface area contributed by atoms with Crippen molar-refractivity contribution in [2.75, 3.05) is 145 Å². The van der Waals surface area contributed by atoms with Gasteiger partial charge in [-0.2, -0.15) is 0 Å². The lowest BCUT2D eigenvalue weighted by atomic mass is 9.85. The van der Waals surface area contributed by atoms with E-state index in [1.807, 2.05) is 0 Å². The van der Waals surface area contributed by atoms with Crippen LogP contribution >= 0.6 is 0 Å². The van der Waals surface area contributed by atoms with Crippen LogP contribution in [0.25, 0.3) is 0 Å². The zero-order valence-electron chi connectivity index (χ0n) is 72.0. The average molecular weight is 1750 g/mol. The van der Waals surface area contributed by atoms with Crippen LogP contribution in [0.4, 0.5) is 0 Å². The van der Waals surface area contributed by atoms with Crippen molar-refractivity contribution in [3.63, 3.8) is 0 Å². The van der Waals surface area contributed by atoms with Crippen LogP contribution in [0.5, 0.6) is 11.5 Å². The van der Waals surface area contributed by atoms with Crippen LogP contribution in [0.2, 0.25) is 0 Å². The van der Waals surface area contributed by atoms with E-state index in [0.29, 0.717) is 108 Å². The number of hydrogen-bond donors (Lipinski definition) is 10. The highest BCUT2D eigenvalue weighted by Gasteiger charge is 2.27. The third-order valence-electron chi connectivity index (χ3n) is 19.6. The first kappa shape index (κ1) is 110. The highest BCUT2D eigenvalue weighted by molar-refractivity contribution is 5.91. The SMILES string of the molecule is C[C@@H](CCCCNC(=O)COCCOCCCC(=O)COCCOCCNC(=O)CC[C@H](CC(=O)CCCCCCCCCOc1ccc(C(=O)O)cc1)C(=O)O)C(=O)C[C@@H](CCCCNC(=O)COCCOCCNC(=O)COCCOCCCC(=O)CC[C@H](NC(=O)CCCCCCCCCOc1ccc(C(=O)O)cc1)C(=O)O)C(=O)CCC(=O)O. The van der Waals surface area contributed by atoms with E-state index in [1.54, 1.807) is 31.2 Å². The first-order chi connectivity index (χ1) is 59.3. The Morgan fingerprint density at radius 2 is 0.707 bits per heavy atom. The monoisotopic (exact) mass is 1740 g/mol. The van der Waals surface area contributed by atoms with Crippen molar-refractivity contribution in [2.24, 2.45) is 17.8 Å². The number of carboxylic acid groups (broad SMARTS) is 5. The zero-order valence-corrected chi connectivity index (χ0v) is 72.0. The molecule has 0 spiro atoms. The molecule has 123 heavy (non-hydrogen) atoms. The zero-order chi connectivity index (χ0) is 90.1. The minimum atomic E-state index is -1.21. The van der Waals surface area contributed by atoms with E-state index < -0.39 is 47.7 Å². The number of ether oxygens (including phenoxy) is 10. The van der Waals surface area contributed by atoms with Crippen molar-refractivity contribution in [2.45, 2.75) is 231 Å². The molecule has 0 bridgehead atoms. The predicted molar refractivity (Wildman–Crippen MR) is 449 cm³/mol. The van der Waals surface area contributed by atoms with E-state index in [9.17, 15) is 87.2 Å². The Balaban J connectivity index is 1.39. The van der Waals surface area contributed by atoms with E-state index in [-0.39, 0.29) is 265 Å². The summed E-state index contributed by atoms with van der Waals surface area (Å²) in [4.78, 5) is 182. The lowest BCUT2D eigenvalue weighted by Crippen LogP contribution is -2.41. The molecule has 0 aliphatic heterocycles. The van der Waals surface area contributed by atoms with Gasteiger partial charge in [-0.05, 0) is 126 Å². The number of aliphatic carboxylic acids is 3. The Hall–Kier alpha value is -9.23. The molecule has 2 rings (SSSR count). The molecule has 35 heteroatoms. The molecule has 0 fully saturated rings. The van der Waals surface area contributed by atoms with Gasteiger partial charge in [0.1, 0.15) is 67.1 Å². The molecule has 0 saturated carbocycles. The van der Waals surface area contributed by atoms with Crippen LogP contribution in [0.15, 0.2) is 48.5 Å². The number of benzene rings is 2. The number of rotatable bonds is 86. The maximum atomic E-state index is 13.3. The lowest BCUT2D eigenvalue weighted by molar-refractivity contribution is -0.144. The van der Waals surface area contributed by atoms with Crippen molar-refractivity contribution < 1.29 is 145 Å². The second-order valence-corrected chi connectivity index (χ2v) is 30.1. The van der Waals surface area contributed by atoms with Crippen LogP contribution < -0.4 is 36.1 Å². The van der Waals surface area contributed by atoms with E-state index in [4.69, 9.17) is 57.6 Å². The highest BCUT2D eigenvalue weighted by Crippen LogP contribution is 2.23. The molecule has 0 aliphatic carbocycles. The molecule has 4 atom stereocenters. The molecule has 10 N–H and O–H groups in total. The number of carboxylic acids is 5. The maximum Gasteiger partial charge on any atom is 0.335 e. The lowest BCUT2D eigenvalue weighted by Gasteiger charge is -2.18. The van der Waals surface area contributed by atoms with Crippen LogP contribution in [0, 0.1) is 17.8 Å². The Labute approximate surface area is 722 Å². The molecule has 2 aromatic rings. The summed E-state index contributed by atoms with van der Waals surface area (Å²) in [6, 6.07) is 11.4. The predicted octanol–water partition coefficient (Wildman–Crippen LogP) is 8.85. The van der Waals surface area contributed by atoms with Crippen molar-refractivity contribution in [3.8, 4) is 11.5 Å². The number of carbonyl (C=O) groups is 15. The molecular formula is C88H137N5O30. The minimum absolute atomic E-state index is 0.0102. The molecule has 0 aliphatic rings. The third kappa shape index (κ3) is 63.4. The van der Waals surface area contributed by atoms with E-state index >= 15 is 0 Å². The molecule has 0 radical (unpaired) electrons. The van der Waals surface area contributed by atoms with Gasteiger partial charge in [0.25, 0.3) is 0 Å². The van der Waals surface area contributed by atoms with Crippen molar-refractivity contribution in [1.29, 1.82) is 0 Å². The summed E-state index contributed by atoms with van der Waals surface area (Å²) in [6.07, 6.45) is 16.6. The number of unbranched alkanes of at least 4 members (excludes halogenated alkanes) is 14. The number of carbonyl (C=O) groups excluding carboxylic acids is 10. The van der Waals surface area contributed by atoms with Gasteiger partial charge >= 0.3 is 29.8 Å². The van der Waals surface area contributed by atoms with E-state index in [2.05, 4.69) is 26.6 Å². The van der Waals surface area contributed by atoms with Crippen LogP contribution in [0.1, 0.15) is 246 Å². The standard InChI is InChI=1S/C88H137N5O30/c1-66(22-14-16-42-89-81(101)63-119-57-53-115-47-21-26-73(96)62-118-56-54-116-50-44-91-79(99)40-32-70(87(110)111)60-72(95)24-12-8-4-2-6-10-18-48-122-74-34-28-67(29-35-74)85(106)107)78(98)61-69(77(97)39-41-84(104)105)23-15-17-43-90-82(102)64-121-59-55-117-51-45-92-83(103)65-120-58-52-114-46-20-25-71(94)33-38-76(88(112)113)93-80(100)27-13-9-5-3-7-11-19-49-123-75-36-30-68(31-37-75)86(108)109/h28-31,34-37,66,69-70,76H,2-27,32-33,38-65H2,1H3,(H,89,101)(H,90,102)(H,91,99)(H,92,103)(H,93,100)(H,104,105)(H,106,107)(H,108,109)(H,110,111)(H,112,113)/t66-,69+,70+,76-/m0/s1. The molecule has 694 valence electrons. The maximum absolute atomic E-state index is 13.3. The normalized spacial score (nSPS) is 12.1. The summed E-state index contributed by atoms with van der Waals surface area (Å²) in [6.45, 7) is 5.33. The van der Waals surface area contributed by atoms with Crippen molar-refractivity contribution >= 4 is 88.3 Å². The van der Waals surface area contributed by atoms with Gasteiger partial charge in [-0.1, -0.05) is 84.0 Å². The highest BCUT2D eigenvalue weighted by atomic mass is 16.5. The summed E-state index contributed by atoms with van der Waals surface area (Å²) >= 11 is 0. The van der Waals surface area contributed by atoms with Crippen molar-refractivity contribution in [3.05, 3.63) is 59.7 Å². The Morgan fingerprint density at radius 3 is 1.18 bits per heavy atom. The fourth-order valence-electron chi connectivity index (χ4n) is 12.4. The molecule has 2 aromatic carbocycles. The van der Waals surface area contributed by atoms with E-state index in [0.717, 1.165) is 77.0 Å². The Morgan fingerprint density at radius 1 is 0.293 bits per heavy atom. The van der Waals surface area contributed by atoms with Crippen molar-refractivity contribution in [1.82, 2.24) is 26.6 Å². The Kier molecular flexibility index (Phi) is 65.3. The molecule has 0 saturated heterocycles. The second kappa shape index (κ2) is 73.2. The van der Waals surface area contributed by atoms with Gasteiger partial charge in [-0.25, -0.2) is 14.4 Å². The number of ketones is 5. The van der Waals surface area contributed by atoms with Gasteiger partial charge in [-0.3, -0.25) is 57.5 Å².